The van der Waals surface area contributed by atoms with E-state index in [9.17, 15) is 14.7 Å². The second-order valence-corrected chi connectivity index (χ2v) is 10.6. The number of nitrogens with zero attached hydrogens (tertiary/aromatic N) is 3. The van der Waals surface area contributed by atoms with Crippen LogP contribution in [0, 0.1) is 0 Å². The highest BCUT2D eigenvalue weighted by Crippen LogP contribution is 2.40. The Morgan fingerprint density at radius 2 is 1.80 bits per heavy atom. The molecule has 5 rings (SSSR count). The van der Waals surface area contributed by atoms with Crippen LogP contribution in [0.25, 0.3) is 22.3 Å². The van der Waals surface area contributed by atoms with Gasteiger partial charge < -0.3 is 9.67 Å². The van der Waals surface area contributed by atoms with Gasteiger partial charge in [0.25, 0.3) is 5.56 Å². The first-order chi connectivity index (χ1) is 16.7. The number of carbonyl (C=O) groups excluding carboxylic acids is 1. The van der Waals surface area contributed by atoms with Crippen LogP contribution in [0.3, 0.4) is 0 Å². The number of pyridine rings is 2. The van der Waals surface area contributed by atoms with Crippen LogP contribution >= 0.6 is 0 Å². The van der Waals surface area contributed by atoms with E-state index in [0.29, 0.717) is 41.9 Å². The van der Waals surface area contributed by atoms with Crippen molar-refractivity contribution in [2.45, 2.75) is 84.5 Å². The summed E-state index contributed by atoms with van der Waals surface area (Å²) in [5.74, 6) is -0.204. The molecule has 0 saturated carbocycles. The van der Waals surface area contributed by atoms with Gasteiger partial charge in [-0.1, -0.05) is 25.1 Å². The molecule has 2 aromatic heterocycles. The molecule has 1 aliphatic carbocycles. The van der Waals surface area contributed by atoms with E-state index in [1.165, 1.54) is 5.56 Å². The molecule has 3 heterocycles. The molecular weight excluding hydrogens is 438 g/mol. The first kappa shape index (κ1) is 23.9. The molecule has 6 heteroatoms. The van der Waals surface area contributed by atoms with E-state index < -0.39 is 5.60 Å². The zero-order valence-electron chi connectivity index (χ0n) is 21.4. The van der Waals surface area contributed by atoms with Gasteiger partial charge in [-0.2, -0.15) is 0 Å². The van der Waals surface area contributed by atoms with Crippen molar-refractivity contribution < 1.29 is 9.90 Å². The molecule has 0 radical (unpaired) electrons. The van der Waals surface area contributed by atoms with Gasteiger partial charge in [-0.15, -0.1) is 0 Å². The highest BCUT2D eigenvalue weighted by atomic mass is 16.3. The van der Waals surface area contributed by atoms with Crippen molar-refractivity contribution in [3.63, 3.8) is 0 Å². The number of fused-ring (bicyclic) bond motifs is 5. The van der Waals surface area contributed by atoms with E-state index in [1.807, 2.05) is 24.3 Å². The Bertz CT molecular complexity index is 1380. The van der Waals surface area contributed by atoms with Crippen LogP contribution < -0.4 is 5.56 Å². The number of hydrogen-bond acceptors (Lipinski definition) is 5. The molecule has 0 amide bonds. The normalized spacial score (nSPS) is 19.1. The van der Waals surface area contributed by atoms with Crippen molar-refractivity contribution in [3.8, 4) is 11.4 Å². The summed E-state index contributed by atoms with van der Waals surface area (Å²) in [7, 11) is 0. The van der Waals surface area contributed by atoms with Crippen molar-refractivity contribution in [1.82, 2.24) is 14.5 Å². The van der Waals surface area contributed by atoms with Crippen LogP contribution in [0.5, 0.6) is 0 Å². The molecule has 0 fully saturated rings. The highest BCUT2D eigenvalue weighted by molar-refractivity contribution is 5.92. The maximum Gasteiger partial charge on any atom is 0.254 e. The molecule has 6 nitrogen and oxygen atoms in total. The van der Waals surface area contributed by atoms with Gasteiger partial charge in [-0.05, 0) is 64.7 Å². The van der Waals surface area contributed by atoms with Crippen molar-refractivity contribution in [2.75, 3.05) is 6.54 Å². The van der Waals surface area contributed by atoms with Gasteiger partial charge in [-0.25, -0.2) is 4.98 Å². The third kappa shape index (κ3) is 3.66. The predicted molar refractivity (Wildman–Crippen MR) is 139 cm³/mol. The fraction of sp³-hybridized carbons (Fsp3) is 0.483. The summed E-state index contributed by atoms with van der Waals surface area (Å²) in [5.41, 5.74) is 4.09. The number of carbonyl (C=O) groups is 1. The van der Waals surface area contributed by atoms with Crippen LogP contribution in [0.4, 0.5) is 0 Å². The summed E-state index contributed by atoms with van der Waals surface area (Å²) < 4.78 is 1.80. The van der Waals surface area contributed by atoms with Crippen LogP contribution in [-0.4, -0.2) is 44.0 Å². The van der Waals surface area contributed by atoms with E-state index in [4.69, 9.17) is 4.98 Å². The molecular formula is C29H35N3O3. The molecule has 0 saturated heterocycles. The molecule has 0 unspecified atom stereocenters. The Labute approximate surface area is 206 Å². The van der Waals surface area contributed by atoms with E-state index in [1.54, 1.807) is 11.5 Å². The van der Waals surface area contributed by atoms with Gasteiger partial charge in [0.15, 0.2) is 5.78 Å². The summed E-state index contributed by atoms with van der Waals surface area (Å²) in [5, 5.41) is 12.4. The van der Waals surface area contributed by atoms with Gasteiger partial charge in [0.05, 0.1) is 23.4 Å². The largest absolute Gasteiger partial charge is 0.377 e. The molecule has 0 spiro atoms. The van der Waals surface area contributed by atoms with Crippen LogP contribution in [0.2, 0.25) is 0 Å². The maximum atomic E-state index is 13.6. The Kier molecular flexibility index (Phi) is 5.93. The lowest BCUT2D eigenvalue weighted by molar-refractivity contribution is -0.140. The number of rotatable bonds is 6. The van der Waals surface area contributed by atoms with Crippen LogP contribution in [0.15, 0.2) is 35.1 Å². The van der Waals surface area contributed by atoms with E-state index >= 15 is 0 Å². The molecule has 1 aliphatic heterocycles. The number of ketones is 1. The number of para-hydroxylation sites is 1. The fourth-order valence-corrected chi connectivity index (χ4v) is 6.14. The van der Waals surface area contributed by atoms with E-state index in [2.05, 4.69) is 38.7 Å². The lowest BCUT2D eigenvalue weighted by atomic mass is 9.77. The second-order valence-electron chi connectivity index (χ2n) is 10.6. The summed E-state index contributed by atoms with van der Waals surface area (Å²) in [6.45, 7) is 12.1. The van der Waals surface area contributed by atoms with Gasteiger partial charge in [-0.3, -0.25) is 14.5 Å². The minimum atomic E-state index is -1.60. The number of benzene rings is 1. The summed E-state index contributed by atoms with van der Waals surface area (Å²) in [6, 6.07) is 10.9. The van der Waals surface area contributed by atoms with Crippen molar-refractivity contribution in [2.24, 2.45) is 0 Å². The lowest BCUT2D eigenvalue weighted by Crippen LogP contribution is -2.43. The molecule has 2 aliphatic rings. The minimum Gasteiger partial charge on any atom is -0.377 e. The van der Waals surface area contributed by atoms with Gasteiger partial charge >= 0.3 is 0 Å². The van der Waals surface area contributed by atoms with Crippen molar-refractivity contribution >= 4 is 16.7 Å². The summed E-state index contributed by atoms with van der Waals surface area (Å²) >= 11 is 0. The fourth-order valence-electron chi connectivity index (χ4n) is 6.14. The molecule has 1 aromatic carbocycles. The average Bonchev–Trinajstić information content (AvgIpc) is 3.19. The van der Waals surface area contributed by atoms with Crippen molar-refractivity contribution in [3.05, 3.63) is 62.9 Å². The quantitative estimate of drug-likeness (QED) is 0.454. The second kappa shape index (κ2) is 8.68. The molecule has 3 aromatic rings. The monoisotopic (exact) mass is 473 g/mol. The minimum absolute atomic E-state index is 0.101. The van der Waals surface area contributed by atoms with Crippen molar-refractivity contribution in [1.29, 1.82) is 0 Å². The lowest BCUT2D eigenvalue weighted by Gasteiger charge is -2.32. The zero-order valence-corrected chi connectivity index (χ0v) is 21.4. The third-order valence-corrected chi connectivity index (χ3v) is 8.04. The maximum absolute atomic E-state index is 13.6. The first-order valence-corrected chi connectivity index (χ1v) is 12.9. The molecule has 1 atom stereocenters. The molecule has 0 bridgehead atoms. The number of aliphatic hydroxyl groups is 1. The molecule has 184 valence electrons. The van der Waals surface area contributed by atoms with E-state index in [-0.39, 0.29) is 24.2 Å². The third-order valence-electron chi connectivity index (χ3n) is 8.04. The van der Waals surface area contributed by atoms with Crippen LogP contribution in [0.1, 0.15) is 69.7 Å². The average molecular weight is 474 g/mol. The number of hydrogen-bond donors (Lipinski definition) is 1. The standard InChI is InChI=1S/C29H35N3O3/c1-6-29(35)23-15-25-27-22(16-32(25)28(34)21(23)11-12-26(29)33)19(13-14-31(17(2)3)18(4)5)20-9-7-8-10-24(20)30-27/h7-10,15,17-18,35H,6,11-14,16H2,1-5H3/t29-/m0/s1. The summed E-state index contributed by atoms with van der Waals surface area (Å²) in [4.78, 5) is 33.8. The predicted octanol–water partition coefficient (Wildman–Crippen LogP) is 4.20. The zero-order chi connectivity index (χ0) is 25.1. The highest BCUT2D eigenvalue weighted by Gasteiger charge is 2.43. The smallest absolute Gasteiger partial charge is 0.254 e. The number of aromatic nitrogens is 2. The Morgan fingerprint density at radius 1 is 1.09 bits per heavy atom. The molecule has 1 N–H and O–H groups in total. The van der Waals surface area contributed by atoms with Gasteiger partial charge in [0.1, 0.15) is 5.60 Å². The van der Waals surface area contributed by atoms with Crippen LogP contribution in [-0.2, 0) is 29.8 Å². The number of Topliss-reactive ketones (excluding diaryl/α,β-unsaturated/α-hetero) is 1. The summed E-state index contributed by atoms with van der Waals surface area (Å²) in [6.07, 6.45) is 1.70. The van der Waals surface area contributed by atoms with Gasteiger partial charge in [0, 0.05) is 47.1 Å². The SMILES string of the molecule is CC[C@@]1(O)C(=O)CCc2c1cc1n(c2=O)Cc2c-1nc1ccccc1c2CCN(C(C)C)C(C)C. The Morgan fingerprint density at radius 3 is 2.49 bits per heavy atom. The topological polar surface area (TPSA) is 75.4 Å². The van der Waals surface area contributed by atoms with E-state index in [0.717, 1.165) is 35.1 Å². The Hall–Kier alpha value is -2.83. The van der Waals surface area contributed by atoms with Gasteiger partial charge in [0.2, 0.25) is 0 Å². The Balaban J connectivity index is 1.69. The molecule has 35 heavy (non-hydrogen) atoms. The first-order valence-electron chi connectivity index (χ1n) is 12.9.